The first-order valence-corrected chi connectivity index (χ1v) is 9.22. The number of halogens is 1. The van der Waals surface area contributed by atoms with Crippen molar-refractivity contribution in [2.24, 2.45) is 10.8 Å². The van der Waals surface area contributed by atoms with Gasteiger partial charge in [0.1, 0.15) is 11.5 Å². The molecule has 2 heterocycles. The molecule has 1 spiro atoms. The van der Waals surface area contributed by atoms with E-state index < -0.39 is 0 Å². The Hall–Kier alpha value is -2.12. The van der Waals surface area contributed by atoms with Gasteiger partial charge in [0.25, 0.3) is 0 Å². The van der Waals surface area contributed by atoms with E-state index >= 15 is 0 Å². The number of piperidine rings is 1. The maximum absolute atomic E-state index is 6.36. The minimum absolute atomic E-state index is 0.267. The maximum Gasteiger partial charge on any atom is 0.142 e. The minimum Gasteiger partial charge on any atom is -0.371 e. The van der Waals surface area contributed by atoms with Crippen molar-refractivity contribution in [1.82, 2.24) is 15.9 Å². The lowest BCUT2D eigenvalue weighted by atomic mass is 9.85. The lowest BCUT2D eigenvalue weighted by Crippen LogP contribution is -2.62. The van der Waals surface area contributed by atoms with Crippen LogP contribution in [0, 0.1) is 0 Å². The highest BCUT2D eigenvalue weighted by atomic mass is 35.5. The zero-order valence-electron chi connectivity index (χ0n) is 14.5. The van der Waals surface area contributed by atoms with E-state index in [2.05, 4.69) is 28.3 Å². The van der Waals surface area contributed by atoms with E-state index in [0.29, 0.717) is 11.6 Å². The van der Waals surface area contributed by atoms with Gasteiger partial charge in [-0.15, -0.1) is 0 Å². The molecule has 0 saturated carbocycles. The number of hydrazine groups is 2. The first-order chi connectivity index (χ1) is 12.7. The Labute approximate surface area is 158 Å². The normalized spacial score (nSPS) is 18.8. The van der Waals surface area contributed by atoms with Crippen LogP contribution in [0.15, 0.2) is 53.5 Å². The molecule has 6 nitrogen and oxygen atoms in total. The van der Waals surface area contributed by atoms with Gasteiger partial charge < -0.3 is 10.7 Å². The number of hydrogen-bond acceptors (Lipinski definition) is 6. The molecule has 2 aliphatic rings. The van der Waals surface area contributed by atoms with E-state index in [1.807, 2.05) is 41.4 Å². The third-order valence-electron chi connectivity index (χ3n) is 5.03. The fourth-order valence-corrected chi connectivity index (χ4v) is 3.72. The predicted molar refractivity (Wildman–Crippen MR) is 106 cm³/mol. The van der Waals surface area contributed by atoms with Crippen LogP contribution in [0.25, 0.3) is 0 Å². The van der Waals surface area contributed by atoms with E-state index in [4.69, 9.17) is 22.4 Å². The van der Waals surface area contributed by atoms with Gasteiger partial charge in [-0.25, -0.2) is 15.4 Å². The van der Waals surface area contributed by atoms with Gasteiger partial charge in [0.15, 0.2) is 0 Å². The molecule has 2 aliphatic heterocycles. The SMILES string of the molecule is NN1CCC2(CC1)Nc1cccc(Cl)c1N=C2NNCc1ccccc1. The summed E-state index contributed by atoms with van der Waals surface area (Å²) in [6, 6.07) is 16.1. The maximum atomic E-state index is 6.36. The van der Waals surface area contributed by atoms with Crippen LogP contribution >= 0.6 is 11.6 Å². The molecule has 5 N–H and O–H groups in total. The Balaban J connectivity index is 1.58. The second kappa shape index (κ2) is 7.25. The molecule has 2 aromatic carbocycles. The summed E-state index contributed by atoms with van der Waals surface area (Å²) in [7, 11) is 0. The fourth-order valence-electron chi connectivity index (χ4n) is 3.51. The molecule has 0 atom stereocenters. The van der Waals surface area contributed by atoms with Crippen molar-refractivity contribution < 1.29 is 0 Å². The van der Waals surface area contributed by atoms with Crippen LogP contribution in [0.5, 0.6) is 0 Å². The molecular weight excluding hydrogens is 348 g/mol. The quantitative estimate of drug-likeness (QED) is 0.493. The van der Waals surface area contributed by atoms with Crippen molar-refractivity contribution in [3.63, 3.8) is 0 Å². The van der Waals surface area contributed by atoms with Crippen LogP contribution in [0.3, 0.4) is 0 Å². The van der Waals surface area contributed by atoms with Gasteiger partial charge in [0, 0.05) is 19.6 Å². The second-order valence-corrected chi connectivity index (χ2v) is 7.21. The third-order valence-corrected chi connectivity index (χ3v) is 5.34. The molecule has 2 aromatic rings. The number of anilines is 1. The Morgan fingerprint density at radius 2 is 1.88 bits per heavy atom. The molecule has 1 saturated heterocycles. The number of hydrogen-bond donors (Lipinski definition) is 4. The number of nitrogens with one attached hydrogen (secondary N) is 3. The van der Waals surface area contributed by atoms with E-state index in [1.165, 1.54) is 5.56 Å². The summed E-state index contributed by atoms with van der Waals surface area (Å²) < 4.78 is 0. The number of benzene rings is 2. The van der Waals surface area contributed by atoms with Crippen molar-refractivity contribution in [2.75, 3.05) is 18.4 Å². The zero-order chi connectivity index (χ0) is 18.0. The lowest BCUT2D eigenvalue weighted by molar-refractivity contribution is 0.203. The van der Waals surface area contributed by atoms with Crippen LogP contribution in [0.4, 0.5) is 11.4 Å². The standard InChI is InChI=1S/C19H23ClN6/c20-15-7-4-8-16-17(15)23-18(19(24-16)9-11-26(21)12-10-19)25-22-13-14-5-2-1-3-6-14/h1-8,22,24H,9-13,21H2,(H,23,25). The topological polar surface area (TPSA) is 77.7 Å². The largest absolute Gasteiger partial charge is 0.371 e. The Morgan fingerprint density at radius 1 is 1.12 bits per heavy atom. The van der Waals surface area contributed by atoms with Gasteiger partial charge in [0.2, 0.25) is 0 Å². The molecular formula is C19H23ClN6. The average Bonchev–Trinajstić information content (AvgIpc) is 2.66. The molecule has 0 unspecified atom stereocenters. The average molecular weight is 371 g/mol. The number of amidine groups is 1. The van der Waals surface area contributed by atoms with Crippen molar-refractivity contribution in [3.05, 3.63) is 59.1 Å². The summed E-state index contributed by atoms with van der Waals surface area (Å²) in [6.07, 6.45) is 1.74. The van der Waals surface area contributed by atoms with Crippen molar-refractivity contribution in [2.45, 2.75) is 24.9 Å². The summed E-state index contributed by atoms with van der Waals surface area (Å²) >= 11 is 6.36. The Morgan fingerprint density at radius 3 is 2.65 bits per heavy atom. The lowest BCUT2D eigenvalue weighted by Gasteiger charge is -2.44. The van der Waals surface area contributed by atoms with Crippen LogP contribution < -0.4 is 22.0 Å². The van der Waals surface area contributed by atoms with E-state index in [0.717, 1.165) is 43.1 Å². The zero-order valence-corrected chi connectivity index (χ0v) is 15.3. The molecule has 7 heteroatoms. The molecule has 4 rings (SSSR count). The van der Waals surface area contributed by atoms with Gasteiger partial charge in [0.05, 0.1) is 16.2 Å². The molecule has 136 valence electrons. The second-order valence-electron chi connectivity index (χ2n) is 6.80. The summed E-state index contributed by atoms with van der Waals surface area (Å²) in [4.78, 5) is 4.87. The summed E-state index contributed by atoms with van der Waals surface area (Å²) in [5.74, 6) is 6.84. The highest BCUT2D eigenvalue weighted by Crippen LogP contribution is 2.41. The summed E-state index contributed by atoms with van der Waals surface area (Å²) in [6.45, 7) is 2.32. The molecule has 0 aliphatic carbocycles. The first kappa shape index (κ1) is 17.3. The number of para-hydroxylation sites is 1. The van der Waals surface area contributed by atoms with Crippen LogP contribution in [0.1, 0.15) is 18.4 Å². The molecule has 0 radical (unpaired) electrons. The van der Waals surface area contributed by atoms with Gasteiger partial charge in [-0.2, -0.15) is 0 Å². The Kier molecular flexibility index (Phi) is 4.82. The Bertz CT molecular complexity index is 799. The molecule has 26 heavy (non-hydrogen) atoms. The summed E-state index contributed by atoms with van der Waals surface area (Å²) in [5.41, 5.74) is 9.31. The van der Waals surface area contributed by atoms with Crippen LogP contribution in [0.2, 0.25) is 5.02 Å². The number of nitrogens with zero attached hydrogens (tertiary/aromatic N) is 2. The predicted octanol–water partition coefficient (Wildman–Crippen LogP) is 2.80. The number of nitrogens with two attached hydrogens (primary N) is 1. The van der Waals surface area contributed by atoms with Gasteiger partial charge in [-0.1, -0.05) is 48.0 Å². The van der Waals surface area contributed by atoms with Crippen LogP contribution in [-0.2, 0) is 6.54 Å². The van der Waals surface area contributed by atoms with Gasteiger partial charge in [-0.05, 0) is 30.5 Å². The minimum atomic E-state index is -0.267. The van der Waals surface area contributed by atoms with E-state index in [-0.39, 0.29) is 5.54 Å². The number of rotatable bonds is 3. The number of fused-ring (bicyclic) bond motifs is 1. The molecule has 0 bridgehead atoms. The molecule has 0 aromatic heterocycles. The van der Waals surface area contributed by atoms with Crippen LogP contribution in [-0.4, -0.2) is 29.5 Å². The molecule has 1 fully saturated rings. The highest BCUT2D eigenvalue weighted by molar-refractivity contribution is 6.34. The summed E-state index contributed by atoms with van der Waals surface area (Å²) in [5, 5.41) is 6.17. The van der Waals surface area contributed by atoms with E-state index in [1.54, 1.807) is 0 Å². The van der Waals surface area contributed by atoms with Gasteiger partial charge in [-0.3, -0.25) is 5.84 Å². The fraction of sp³-hybridized carbons (Fsp3) is 0.316. The first-order valence-electron chi connectivity index (χ1n) is 8.85. The third kappa shape index (κ3) is 3.41. The number of aliphatic imine (C=N–C) groups is 1. The van der Waals surface area contributed by atoms with Crippen molar-refractivity contribution in [1.29, 1.82) is 0 Å². The smallest absolute Gasteiger partial charge is 0.142 e. The van der Waals surface area contributed by atoms with Gasteiger partial charge >= 0.3 is 0 Å². The highest BCUT2D eigenvalue weighted by Gasteiger charge is 2.42. The van der Waals surface area contributed by atoms with Crippen molar-refractivity contribution in [3.8, 4) is 0 Å². The van der Waals surface area contributed by atoms with E-state index in [9.17, 15) is 0 Å². The monoisotopic (exact) mass is 370 g/mol. The van der Waals surface area contributed by atoms with Crippen molar-refractivity contribution >= 4 is 28.8 Å². The molecule has 0 amide bonds.